The Kier molecular flexibility index (Phi) is 24.1. The van der Waals surface area contributed by atoms with Crippen molar-refractivity contribution in [2.45, 2.75) is 59.2 Å². The molecule has 178 valence electrons. The largest absolute Gasteiger partial charge is 0.382 e. The monoisotopic (exact) mass is 462 g/mol. The molecule has 31 heavy (non-hydrogen) atoms. The second kappa shape index (κ2) is 22.4. The molecule has 1 aliphatic rings. The molecule has 1 aromatic rings. The van der Waals surface area contributed by atoms with Crippen LogP contribution in [0.3, 0.4) is 0 Å². The maximum Gasteiger partial charge on any atom is 0.263 e. The fraction of sp³-hybridized carbons (Fsp3) is 0.500. The first kappa shape index (κ1) is 33.4. The van der Waals surface area contributed by atoms with Gasteiger partial charge in [0.05, 0.1) is 6.10 Å². The number of methoxy groups -OCH3 is 2. The highest BCUT2D eigenvalue weighted by atomic mass is 35.5. The van der Waals surface area contributed by atoms with Crippen molar-refractivity contribution in [1.82, 2.24) is 0 Å². The number of benzene rings is 1. The molecule has 9 heteroatoms. The van der Waals surface area contributed by atoms with Crippen molar-refractivity contribution < 1.29 is 28.2 Å². The number of hydrogen-bond acceptors (Lipinski definition) is 5. The molecule has 2 rings (SSSR count). The summed E-state index contributed by atoms with van der Waals surface area (Å²) in [5.74, 6) is -2.34. The van der Waals surface area contributed by atoms with Crippen LogP contribution in [0, 0.1) is 5.82 Å². The molecule has 0 fully saturated rings. The number of anilines is 1. The van der Waals surface area contributed by atoms with Crippen molar-refractivity contribution in [2.24, 2.45) is 5.73 Å². The van der Waals surface area contributed by atoms with Gasteiger partial charge >= 0.3 is 0 Å². The molecule has 0 bridgehead atoms. The summed E-state index contributed by atoms with van der Waals surface area (Å²) >= 11 is 5.60. The highest BCUT2D eigenvalue weighted by Crippen LogP contribution is 2.18. The Morgan fingerprint density at radius 3 is 1.87 bits per heavy atom. The Hall–Kier alpha value is -2.29. The van der Waals surface area contributed by atoms with E-state index in [1.807, 2.05) is 34.5 Å². The molecule has 0 aliphatic heterocycles. The molecule has 0 aromatic heterocycles. The molecule has 1 unspecified atom stereocenters. The molecule has 0 spiro atoms. The standard InChI is InChI=1S/C10H10ClFN2O3.C5H8.C4H10O.C2H6.CH2O/c1-17-8(9(13)15)10(16)14-7-3-5(11)2-6(12)4-7;1-2-4-5-3-1;1-4(2)5-3;2*1-2/h2-4,8H,1H3,(H2,13,15)(H,14,16);1-2H,3-5H2;4H,1-3H3;1-2H3;1H2. The molecule has 2 amide bonds. The second-order valence-corrected chi connectivity index (χ2v) is 6.29. The van der Waals surface area contributed by atoms with E-state index in [1.165, 1.54) is 25.3 Å². The smallest absolute Gasteiger partial charge is 0.263 e. The maximum absolute atomic E-state index is 13.0. The van der Waals surface area contributed by atoms with E-state index in [9.17, 15) is 14.0 Å². The third-order valence-electron chi connectivity index (χ3n) is 3.24. The fourth-order valence-electron chi connectivity index (χ4n) is 1.78. The number of ether oxygens (including phenoxy) is 2. The molecule has 7 nitrogen and oxygen atoms in total. The highest BCUT2D eigenvalue weighted by molar-refractivity contribution is 6.31. The number of nitrogens with two attached hydrogens (primary N) is 1. The third-order valence-corrected chi connectivity index (χ3v) is 3.46. The number of nitrogens with one attached hydrogen (secondary N) is 1. The molecule has 1 atom stereocenters. The number of carbonyl (C=O) groups excluding carboxylic acids is 3. The first-order valence-corrected chi connectivity index (χ1v) is 10.1. The van der Waals surface area contributed by atoms with Gasteiger partial charge in [-0.2, -0.15) is 0 Å². The van der Waals surface area contributed by atoms with Gasteiger partial charge in [0.1, 0.15) is 12.6 Å². The van der Waals surface area contributed by atoms with Crippen LogP contribution in [0.25, 0.3) is 0 Å². The van der Waals surface area contributed by atoms with Crippen LogP contribution in [0.15, 0.2) is 30.4 Å². The number of primary amides is 1. The van der Waals surface area contributed by atoms with E-state index in [2.05, 4.69) is 22.2 Å². The zero-order valence-electron chi connectivity index (χ0n) is 19.2. The SMILES string of the molecule is C1=CCCC1.C=O.CC.COC(C(N)=O)C(=O)Nc1cc(F)cc(Cl)c1.COC(C)C. The van der Waals surface area contributed by atoms with E-state index in [0.717, 1.165) is 19.2 Å². The summed E-state index contributed by atoms with van der Waals surface area (Å²) < 4.78 is 22.3. The zero-order chi connectivity index (χ0) is 24.8. The number of rotatable bonds is 5. The van der Waals surface area contributed by atoms with Crippen LogP contribution >= 0.6 is 11.6 Å². The summed E-state index contributed by atoms with van der Waals surface area (Å²) in [4.78, 5) is 30.3. The van der Waals surface area contributed by atoms with E-state index < -0.39 is 23.7 Å². The van der Waals surface area contributed by atoms with Crippen LogP contribution in [-0.2, 0) is 23.9 Å². The normalized spacial score (nSPS) is 11.8. The summed E-state index contributed by atoms with van der Waals surface area (Å²) in [6, 6.07) is 3.47. The third kappa shape index (κ3) is 19.4. The Labute approximate surface area is 190 Å². The van der Waals surface area contributed by atoms with Crippen molar-refractivity contribution >= 4 is 35.9 Å². The predicted molar refractivity (Wildman–Crippen MR) is 124 cm³/mol. The van der Waals surface area contributed by atoms with Crippen molar-refractivity contribution in [2.75, 3.05) is 19.5 Å². The van der Waals surface area contributed by atoms with E-state index in [0.29, 0.717) is 6.10 Å². The molecule has 1 aliphatic carbocycles. The van der Waals surface area contributed by atoms with Gasteiger partial charge < -0.3 is 25.3 Å². The molecule has 0 saturated carbocycles. The minimum Gasteiger partial charge on any atom is -0.382 e. The lowest BCUT2D eigenvalue weighted by molar-refractivity contribution is -0.138. The Morgan fingerprint density at radius 2 is 1.58 bits per heavy atom. The van der Waals surface area contributed by atoms with Crippen LogP contribution in [-0.4, -0.2) is 45.0 Å². The number of carbonyl (C=O) groups is 3. The van der Waals surface area contributed by atoms with Gasteiger partial charge in [-0.1, -0.05) is 37.6 Å². The van der Waals surface area contributed by atoms with Crippen LogP contribution < -0.4 is 11.1 Å². The van der Waals surface area contributed by atoms with Gasteiger partial charge in [0, 0.05) is 24.9 Å². The molecule has 0 heterocycles. The van der Waals surface area contributed by atoms with Crippen LogP contribution in [0.5, 0.6) is 0 Å². The van der Waals surface area contributed by atoms with Gasteiger partial charge in [-0.3, -0.25) is 9.59 Å². The second-order valence-electron chi connectivity index (χ2n) is 5.85. The lowest BCUT2D eigenvalue weighted by Gasteiger charge is -2.12. The summed E-state index contributed by atoms with van der Waals surface area (Å²) in [6.07, 6.45) is 7.45. The van der Waals surface area contributed by atoms with E-state index >= 15 is 0 Å². The van der Waals surface area contributed by atoms with E-state index in [4.69, 9.17) is 26.9 Å². The maximum atomic E-state index is 13.0. The Bertz CT molecular complexity index is 616. The number of allylic oxidation sites excluding steroid dienone is 2. The summed E-state index contributed by atoms with van der Waals surface area (Å²) in [7, 11) is 2.86. The summed E-state index contributed by atoms with van der Waals surface area (Å²) in [5, 5.41) is 2.39. The fourth-order valence-corrected chi connectivity index (χ4v) is 2.00. The molecule has 0 radical (unpaired) electrons. The van der Waals surface area contributed by atoms with Crippen molar-refractivity contribution in [3.63, 3.8) is 0 Å². The minimum atomic E-state index is -1.43. The number of hydrogen-bond donors (Lipinski definition) is 2. The first-order chi connectivity index (χ1) is 14.7. The average molecular weight is 463 g/mol. The van der Waals surface area contributed by atoms with Gasteiger partial charge in [0.15, 0.2) is 0 Å². The number of amides is 2. The molecular formula is C22H36ClFN2O5. The quantitative estimate of drug-likeness (QED) is 0.493. The van der Waals surface area contributed by atoms with Gasteiger partial charge in [0.2, 0.25) is 6.10 Å². The van der Waals surface area contributed by atoms with Crippen molar-refractivity contribution in [3.05, 3.63) is 41.2 Å². The Balaban J connectivity index is -0.000000456. The summed E-state index contributed by atoms with van der Waals surface area (Å²) in [5.41, 5.74) is 5.05. The van der Waals surface area contributed by atoms with Crippen LogP contribution in [0.2, 0.25) is 5.02 Å². The van der Waals surface area contributed by atoms with Gasteiger partial charge in [0.25, 0.3) is 11.8 Å². The van der Waals surface area contributed by atoms with Gasteiger partial charge in [-0.15, -0.1) is 0 Å². The molecule has 3 N–H and O–H groups in total. The lowest BCUT2D eigenvalue weighted by Crippen LogP contribution is -2.40. The topological polar surface area (TPSA) is 108 Å². The zero-order valence-corrected chi connectivity index (χ0v) is 20.0. The highest BCUT2D eigenvalue weighted by Gasteiger charge is 2.23. The summed E-state index contributed by atoms with van der Waals surface area (Å²) in [6.45, 7) is 10.0. The number of halogens is 2. The van der Waals surface area contributed by atoms with Crippen molar-refractivity contribution in [1.29, 1.82) is 0 Å². The van der Waals surface area contributed by atoms with Crippen LogP contribution in [0.4, 0.5) is 10.1 Å². The molecule has 0 saturated heterocycles. The minimum absolute atomic E-state index is 0.114. The van der Waals surface area contributed by atoms with E-state index in [-0.39, 0.29) is 10.7 Å². The van der Waals surface area contributed by atoms with Gasteiger partial charge in [-0.05, 0) is 51.3 Å². The molecule has 1 aromatic carbocycles. The Morgan fingerprint density at radius 1 is 1.10 bits per heavy atom. The molecular weight excluding hydrogens is 427 g/mol. The van der Waals surface area contributed by atoms with Crippen LogP contribution in [0.1, 0.15) is 47.0 Å². The predicted octanol–water partition coefficient (Wildman–Crippen LogP) is 4.53. The van der Waals surface area contributed by atoms with E-state index in [1.54, 1.807) is 7.11 Å². The average Bonchev–Trinajstić information content (AvgIpc) is 3.31. The van der Waals surface area contributed by atoms with Crippen molar-refractivity contribution in [3.8, 4) is 0 Å². The van der Waals surface area contributed by atoms with Gasteiger partial charge in [-0.25, -0.2) is 4.39 Å². The first-order valence-electron chi connectivity index (χ1n) is 9.77. The lowest BCUT2D eigenvalue weighted by atomic mass is 10.2.